The third-order valence-corrected chi connectivity index (χ3v) is 3.64. The Morgan fingerprint density at radius 1 is 1.25 bits per heavy atom. The maximum atomic E-state index is 12.1. The number of aromatic amines is 1. The van der Waals surface area contributed by atoms with E-state index in [1.54, 1.807) is 17.7 Å². The molecule has 0 fully saturated rings. The number of benzene rings is 2. The van der Waals surface area contributed by atoms with E-state index in [4.69, 9.17) is 16.3 Å². The quantitative estimate of drug-likeness (QED) is 0.805. The molecular formula is C15H13ClN2O2. The van der Waals surface area contributed by atoms with Crippen LogP contribution in [0.25, 0.3) is 11.0 Å². The number of nitrogens with zero attached hydrogens (tertiary/aromatic N) is 1. The van der Waals surface area contributed by atoms with Crippen LogP contribution in [-0.4, -0.2) is 16.7 Å². The van der Waals surface area contributed by atoms with Gasteiger partial charge in [0.05, 0.1) is 24.7 Å². The van der Waals surface area contributed by atoms with Crippen LogP contribution < -0.4 is 10.4 Å². The molecule has 102 valence electrons. The van der Waals surface area contributed by atoms with E-state index in [0.717, 1.165) is 16.6 Å². The molecule has 0 amide bonds. The van der Waals surface area contributed by atoms with Crippen LogP contribution in [0.5, 0.6) is 5.75 Å². The van der Waals surface area contributed by atoms with E-state index in [-0.39, 0.29) is 5.69 Å². The fourth-order valence-corrected chi connectivity index (χ4v) is 2.42. The molecule has 0 saturated heterocycles. The van der Waals surface area contributed by atoms with E-state index >= 15 is 0 Å². The fraction of sp³-hybridized carbons (Fsp3) is 0.133. The number of H-pyrrole nitrogens is 1. The van der Waals surface area contributed by atoms with Crippen molar-refractivity contribution in [2.75, 3.05) is 7.11 Å². The minimum atomic E-state index is -0.159. The molecule has 5 heteroatoms. The minimum Gasteiger partial charge on any atom is -0.497 e. The molecule has 3 aromatic rings. The van der Waals surface area contributed by atoms with E-state index in [2.05, 4.69) is 4.98 Å². The Hall–Kier alpha value is -2.20. The van der Waals surface area contributed by atoms with Gasteiger partial charge in [-0.2, -0.15) is 0 Å². The van der Waals surface area contributed by atoms with Crippen molar-refractivity contribution in [1.82, 2.24) is 9.55 Å². The van der Waals surface area contributed by atoms with Gasteiger partial charge in [0.1, 0.15) is 5.75 Å². The highest BCUT2D eigenvalue weighted by atomic mass is 35.5. The summed E-state index contributed by atoms with van der Waals surface area (Å²) in [6, 6.07) is 13.0. The van der Waals surface area contributed by atoms with Crippen LogP contribution in [0, 0.1) is 0 Å². The molecule has 4 nitrogen and oxygen atoms in total. The Kier molecular flexibility index (Phi) is 3.24. The maximum Gasteiger partial charge on any atom is 0.326 e. The largest absolute Gasteiger partial charge is 0.497 e. The van der Waals surface area contributed by atoms with Crippen molar-refractivity contribution in [2.45, 2.75) is 6.54 Å². The molecule has 0 radical (unpaired) electrons. The van der Waals surface area contributed by atoms with Crippen molar-refractivity contribution >= 4 is 22.6 Å². The van der Waals surface area contributed by atoms with Gasteiger partial charge < -0.3 is 9.72 Å². The van der Waals surface area contributed by atoms with E-state index < -0.39 is 0 Å². The SMILES string of the molecule is COc1ccc2c(c1)[nH]c(=O)n2Cc1ccccc1Cl. The summed E-state index contributed by atoms with van der Waals surface area (Å²) in [5.41, 5.74) is 2.33. The first-order valence-electron chi connectivity index (χ1n) is 6.19. The van der Waals surface area contributed by atoms with Gasteiger partial charge in [0.15, 0.2) is 0 Å². The van der Waals surface area contributed by atoms with E-state index in [1.165, 1.54) is 0 Å². The average Bonchev–Trinajstić information content (AvgIpc) is 2.76. The van der Waals surface area contributed by atoms with Crippen LogP contribution in [0.15, 0.2) is 47.3 Å². The Balaban J connectivity index is 2.10. The van der Waals surface area contributed by atoms with Crippen molar-refractivity contribution in [2.24, 2.45) is 0 Å². The van der Waals surface area contributed by atoms with Crippen LogP contribution in [0.4, 0.5) is 0 Å². The third-order valence-electron chi connectivity index (χ3n) is 3.27. The lowest BCUT2D eigenvalue weighted by atomic mass is 10.2. The zero-order valence-electron chi connectivity index (χ0n) is 10.9. The highest BCUT2D eigenvalue weighted by Gasteiger charge is 2.09. The van der Waals surface area contributed by atoms with E-state index in [0.29, 0.717) is 17.3 Å². The maximum absolute atomic E-state index is 12.1. The second kappa shape index (κ2) is 5.06. The lowest BCUT2D eigenvalue weighted by molar-refractivity contribution is 0.415. The summed E-state index contributed by atoms with van der Waals surface area (Å²) in [6.07, 6.45) is 0. The standard InChI is InChI=1S/C15H13ClN2O2/c1-20-11-6-7-14-13(8-11)17-15(19)18(14)9-10-4-2-3-5-12(10)16/h2-8H,9H2,1H3,(H,17,19). The molecule has 3 rings (SSSR count). The molecule has 0 aliphatic rings. The molecule has 1 aromatic heterocycles. The van der Waals surface area contributed by atoms with Crippen LogP contribution in [-0.2, 0) is 6.54 Å². The number of methoxy groups -OCH3 is 1. The first kappa shape index (κ1) is 12.8. The number of hydrogen-bond donors (Lipinski definition) is 1. The number of hydrogen-bond acceptors (Lipinski definition) is 2. The van der Waals surface area contributed by atoms with Crippen LogP contribution in [0.3, 0.4) is 0 Å². The first-order chi connectivity index (χ1) is 9.69. The van der Waals surface area contributed by atoms with Crippen molar-refractivity contribution in [3.8, 4) is 5.75 Å². The molecule has 2 aromatic carbocycles. The van der Waals surface area contributed by atoms with Crippen LogP contribution >= 0.6 is 11.6 Å². The molecule has 1 N–H and O–H groups in total. The molecule has 0 unspecified atom stereocenters. The zero-order chi connectivity index (χ0) is 14.1. The Labute approximate surface area is 120 Å². The topological polar surface area (TPSA) is 47.0 Å². The summed E-state index contributed by atoms with van der Waals surface area (Å²) in [7, 11) is 1.60. The number of fused-ring (bicyclic) bond motifs is 1. The van der Waals surface area contributed by atoms with Crippen LogP contribution in [0.2, 0.25) is 5.02 Å². The minimum absolute atomic E-state index is 0.159. The summed E-state index contributed by atoms with van der Waals surface area (Å²) in [5.74, 6) is 0.712. The predicted octanol–water partition coefficient (Wildman–Crippen LogP) is 3.04. The smallest absolute Gasteiger partial charge is 0.326 e. The number of imidazole rings is 1. The third kappa shape index (κ3) is 2.18. The number of nitrogens with one attached hydrogen (secondary N) is 1. The lowest BCUT2D eigenvalue weighted by Gasteiger charge is -2.06. The van der Waals surface area contributed by atoms with Gasteiger partial charge in [-0.15, -0.1) is 0 Å². The number of rotatable bonds is 3. The number of halogens is 1. The molecule has 0 atom stereocenters. The normalized spacial score (nSPS) is 10.9. The zero-order valence-corrected chi connectivity index (χ0v) is 11.6. The highest BCUT2D eigenvalue weighted by molar-refractivity contribution is 6.31. The van der Waals surface area contributed by atoms with Gasteiger partial charge in [0.2, 0.25) is 0 Å². The molecule has 0 spiro atoms. The Bertz CT molecular complexity index is 820. The van der Waals surface area contributed by atoms with E-state index in [9.17, 15) is 4.79 Å². The summed E-state index contributed by atoms with van der Waals surface area (Å²) in [6.45, 7) is 0.435. The average molecular weight is 289 g/mol. The van der Waals surface area contributed by atoms with Crippen molar-refractivity contribution in [1.29, 1.82) is 0 Å². The summed E-state index contributed by atoms with van der Waals surface area (Å²) < 4.78 is 6.82. The molecule has 1 heterocycles. The van der Waals surface area contributed by atoms with Gasteiger partial charge in [-0.3, -0.25) is 4.57 Å². The van der Waals surface area contributed by atoms with Gasteiger partial charge in [-0.1, -0.05) is 29.8 Å². The molecule has 0 saturated carbocycles. The monoisotopic (exact) mass is 288 g/mol. The van der Waals surface area contributed by atoms with Gasteiger partial charge >= 0.3 is 5.69 Å². The second-order valence-corrected chi connectivity index (χ2v) is 4.90. The Morgan fingerprint density at radius 2 is 2.05 bits per heavy atom. The summed E-state index contributed by atoms with van der Waals surface area (Å²) in [5, 5.41) is 0.655. The highest BCUT2D eigenvalue weighted by Crippen LogP contribution is 2.21. The second-order valence-electron chi connectivity index (χ2n) is 4.49. The molecular weight excluding hydrogens is 276 g/mol. The van der Waals surface area contributed by atoms with E-state index in [1.807, 2.05) is 36.4 Å². The van der Waals surface area contributed by atoms with Gasteiger partial charge in [-0.05, 0) is 23.8 Å². The number of aromatic nitrogens is 2. The van der Waals surface area contributed by atoms with Gasteiger partial charge in [0.25, 0.3) is 0 Å². The first-order valence-corrected chi connectivity index (χ1v) is 6.57. The summed E-state index contributed by atoms with van der Waals surface area (Å²) in [4.78, 5) is 14.9. The van der Waals surface area contributed by atoms with Crippen molar-refractivity contribution in [3.05, 3.63) is 63.5 Å². The van der Waals surface area contributed by atoms with Crippen molar-refractivity contribution in [3.63, 3.8) is 0 Å². The van der Waals surface area contributed by atoms with Gasteiger partial charge in [0, 0.05) is 11.1 Å². The fourth-order valence-electron chi connectivity index (χ4n) is 2.22. The van der Waals surface area contributed by atoms with Gasteiger partial charge in [-0.25, -0.2) is 4.79 Å². The van der Waals surface area contributed by atoms with Crippen LogP contribution in [0.1, 0.15) is 5.56 Å². The predicted molar refractivity (Wildman–Crippen MR) is 79.7 cm³/mol. The molecule has 0 aliphatic carbocycles. The molecule has 0 aliphatic heterocycles. The molecule has 0 bridgehead atoms. The summed E-state index contributed by atoms with van der Waals surface area (Å²) >= 11 is 6.15. The Morgan fingerprint density at radius 3 is 2.80 bits per heavy atom. The van der Waals surface area contributed by atoms with Crippen molar-refractivity contribution < 1.29 is 4.74 Å². The lowest BCUT2D eigenvalue weighted by Crippen LogP contribution is -2.17. The number of ether oxygens (including phenoxy) is 1. The molecule has 20 heavy (non-hydrogen) atoms.